The highest BCUT2D eigenvalue weighted by molar-refractivity contribution is 5.96. The van der Waals surface area contributed by atoms with Gasteiger partial charge in [0.15, 0.2) is 5.82 Å². The van der Waals surface area contributed by atoms with Gasteiger partial charge >= 0.3 is 6.03 Å². The molecule has 0 radical (unpaired) electrons. The van der Waals surface area contributed by atoms with E-state index in [1.54, 1.807) is 22.9 Å². The topological polar surface area (TPSA) is 93.2 Å². The maximum absolute atomic E-state index is 12.4. The highest BCUT2D eigenvalue weighted by Gasteiger charge is 2.31. The van der Waals surface area contributed by atoms with Gasteiger partial charge in [0.2, 0.25) is 0 Å². The second-order valence-corrected chi connectivity index (χ2v) is 4.61. The van der Waals surface area contributed by atoms with Crippen molar-refractivity contribution in [2.24, 2.45) is 7.05 Å². The molecular formula is C12H15N7O. The lowest BCUT2D eigenvalue weighted by atomic mass is 10.2. The molecule has 8 nitrogen and oxygen atoms in total. The average Bonchev–Trinajstić information content (AvgIpc) is 2.99. The van der Waals surface area contributed by atoms with Crippen LogP contribution in [-0.2, 0) is 13.6 Å². The second kappa shape index (κ2) is 4.80. The Hall–Kier alpha value is -2.64. The third-order valence-corrected chi connectivity index (χ3v) is 3.20. The number of para-hydroxylation sites is 2. The van der Waals surface area contributed by atoms with E-state index in [2.05, 4.69) is 15.4 Å². The molecule has 0 saturated carbocycles. The second-order valence-electron chi connectivity index (χ2n) is 4.61. The maximum Gasteiger partial charge on any atom is 0.325 e. The van der Waals surface area contributed by atoms with E-state index >= 15 is 0 Å². The summed E-state index contributed by atoms with van der Waals surface area (Å²) in [6, 6.07) is 7.26. The molecule has 1 aliphatic heterocycles. The number of carbonyl (C=O) groups is 1. The van der Waals surface area contributed by atoms with Gasteiger partial charge in [-0.15, -0.1) is 10.2 Å². The van der Waals surface area contributed by atoms with Crippen molar-refractivity contribution < 1.29 is 4.79 Å². The van der Waals surface area contributed by atoms with Crippen molar-refractivity contribution in [1.82, 2.24) is 25.1 Å². The predicted molar refractivity (Wildman–Crippen MR) is 72.8 cm³/mol. The first-order valence-corrected chi connectivity index (χ1v) is 6.29. The molecule has 0 aliphatic carbocycles. The molecule has 0 atom stereocenters. The van der Waals surface area contributed by atoms with Crippen LogP contribution < -0.4 is 10.6 Å². The van der Waals surface area contributed by atoms with Gasteiger partial charge < -0.3 is 10.6 Å². The highest BCUT2D eigenvalue weighted by atomic mass is 16.2. The summed E-state index contributed by atoms with van der Waals surface area (Å²) in [5, 5.41) is 11.7. The van der Waals surface area contributed by atoms with E-state index in [1.165, 1.54) is 4.80 Å². The molecular weight excluding hydrogens is 258 g/mol. The van der Waals surface area contributed by atoms with Crippen LogP contribution in [0.3, 0.4) is 0 Å². The number of nitrogens with two attached hydrogens (primary N) is 1. The van der Waals surface area contributed by atoms with Crippen LogP contribution in [0.15, 0.2) is 24.3 Å². The normalized spacial score (nSPS) is 15.2. The van der Waals surface area contributed by atoms with Gasteiger partial charge in [0.1, 0.15) is 0 Å². The van der Waals surface area contributed by atoms with Crippen LogP contribution >= 0.6 is 0 Å². The summed E-state index contributed by atoms with van der Waals surface area (Å²) in [5.41, 5.74) is 7.25. The van der Waals surface area contributed by atoms with Gasteiger partial charge in [0.05, 0.1) is 25.0 Å². The molecule has 2 aromatic rings. The lowest BCUT2D eigenvalue weighted by Crippen LogP contribution is -2.32. The number of nitrogen functional groups attached to an aromatic ring is 1. The van der Waals surface area contributed by atoms with Gasteiger partial charge in [0, 0.05) is 13.1 Å². The zero-order valence-electron chi connectivity index (χ0n) is 11.1. The van der Waals surface area contributed by atoms with Crippen molar-refractivity contribution in [3.8, 4) is 0 Å². The summed E-state index contributed by atoms with van der Waals surface area (Å²) >= 11 is 0. The van der Waals surface area contributed by atoms with Gasteiger partial charge in [-0.3, -0.25) is 4.90 Å². The quantitative estimate of drug-likeness (QED) is 0.808. The predicted octanol–water partition coefficient (Wildman–Crippen LogP) is 0.234. The van der Waals surface area contributed by atoms with E-state index in [9.17, 15) is 4.79 Å². The van der Waals surface area contributed by atoms with Gasteiger partial charge in [-0.1, -0.05) is 12.1 Å². The Bertz CT molecular complexity index is 638. The number of hydrogen-bond acceptors (Lipinski definition) is 5. The van der Waals surface area contributed by atoms with Gasteiger partial charge in [-0.25, -0.2) is 4.79 Å². The fourth-order valence-electron chi connectivity index (χ4n) is 2.24. The smallest absolute Gasteiger partial charge is 0.325 e. The standard InChI is InChI=1S/C12H15N7O/c1-17-15-11(14-16-17)8-18-6-7-19(12(18)20)10-5-3-2-4-9(10)13/h2-5H,6-8,13H2,1H3. The summed E-state index contributed by atoms with van der Waals surface area (Å²) in [7, 11) is 1.69. The number of nitrogens with zero attached hydrogens (tertiary/aromatic N) is 6. The van der Waals surface area contributed by atoms with Crippen molar-refractivity contribution in [3.63, 3.8) is 0 Å². The Labute approximate surface area is 115 Å². The minimum atomic E-state index is -0.0876. The van der Waals surface area contributed by atoms with Crippen LogP contribution in [0.4, 0.5) is 16.2 Å². The van der Waals surface area contributed by atoms with Crippen molar-refractivity contribution in [3.05, 3.63) is 30.1 Å². The van der Waals surface area contributed by atoms with E-state index in [1.807, 2.05) is 18.2 Å². The zero-order valence-corrected chi connectivity index (χ0v) is 11.1. The molecule has 1 fully saturated rings. The summed E-state index contributed by atoms with van der Waals surface area (Å²) in [6.07, 6.45) is 0. The number of aromatic nitrogens is 4. The summed E-state index contributed by atoms with van der Waals surface area (Å²) in [4.78, 5) is 17.1. The molecule has 2 amide bonds. The lowest BCUT2D eigenvalue weighted by Gasteiger charge is -2.19. The van der Waals surface area contributed by atoms with Gasteiger partial charge in [-0.2, -0.15) is 4.80 Å². The number of rotatable bonds is 3. The number of hydrogen-bond donors (Lipinski definition) is 1. The fraction of sp³-hybridized carbons (Fsp3) is 0.333. The number of aryl methyl sites for hydroxylation is 1. The molecule has 2 heterocycles. The molecule has 1 aromatic heterocycles. The highest BCUT2D eigenvalue weighted by Crippen LogP contribution is 2.26. The number of amides is 2. The Morgan fingerprint density at radius 3 is 2.80 bits per heavy atom. The van der Waals surface area contributed by atoms with Crippen molar-refractivity contribution in [2.45, 2.75) is 6.54 Å². The van der Waals surface area contributed by atoms with Crippen LogP contribution in [0.25, 0.3) is 0 Å². The van der Waals surface area contributed by atoms with Gasteiger partial charge in [0.25, 0.3) is 0 Å². The van der Waals surface area contributed by atoms with E-state index in [0.717, 1.165) is 5.69 Å². The van der Waals surface area contributed by atoms with Crippen LogP contribution in [0.5, 0.6) is 0 Å². The van der Waals surface area contributed by atoms with Crippen molar-refractivity contribution >= 4 is 17.4 Å². The molecule has 0 spiro atoms. The maximum atomic E-state index is 12.4. The van der Waals surface area contributed by atoms with Gasteiger partial charge in [-0.05, 0) is 17.3 Å². The molecule has 0 unspecified atom stereocenters. The monoisotopic (exact) mass is 273 g/mol. The average molecular weight is 273 g/mol. The first kappa shape index (κ1) is 12.4. The number of carbonyl (C=O) groups excluding carboxylic acids is 1. The van der Waals surface area contributed by atoms with Crippen LogP contribution in [-0.4, -0.2) is 44.2 Å². The molecule has 2 N–H and O–H groups in total. The Balaban J connectivity index is 1.76. The number of urea groups is 1. The zero-order chi connectivity index (χ0) is 14.1. The molecule has 104 valence electrons. The van der Waals surface area contributed by atoms with Crippen LogP contribution in [0.1, 0.15) is 5.82 Å². The molecule has 8 heteroatoms. The van der Waals surface area contributed by atoms with Crippen molar-refractivity contribution in [2.75, 3.05) is 23.7 Å². The molecule has 20 heavy (non-hydrogen) atoms. The van der Waals surface area contributed by atoms with E-state index in [-0.39, 0.29) is 6.03 Å². The molecule has 0 bridgehead atoms. The summed E-state index contributed by atoms with van der Waals surface area (Å²) in [5.74, 6) is 0.531. The Kier molecular flexibility index (Phi) is 2.97. The largest absolute Gasteiger partial charge is 0.397 e. The summed E-state index contributed by atoms with van der Waals surface area (Å²) < 4.78 is 0. The van der Waals surface area contributed by atoms with Crippen LogP contribution in [0.2, 0.25) is 0 Å². The Morgan fingerprint density at radius 1 is 1.30 bits per heavy atom. The van der Waals surface area contributed by atoms with E-state index in [4.69, 9.17) is 5.73 Å². The number of anilines is 2. The number of benzene rings is 1. The number of tetrazole rings is 1. The minimum absolute atomic E-state index is 0.0876. The first-order valence-electron chi connectivity index (χ1n) is 6.29. The molecule has 1 aliphatic rings. The van der Waals surface area contributed by atoms with E-state index < -0.39 is 0 Å². The van der Waals surface area contributed by atoms with E-state index in [0.29, 0.717) is 31.1 Å². The SMILES string of the molecule is Cn1nnc(CN2CCN(c3ccccc3N)C2=O)n1. The Morgan fingerprint density at radius 2 is 2.10 bits per heavy atom. The third-order valence-electron chi connectivity index (χ3n) is 3.20. The first-order chi connectivity index (χ1) is 9.65. The fourth-order valence-corrected chi connectivity index (χ4v) is 2.24. The molecule has 1 saturated heterocycles. The van der Waals surface area contributed by atoms with Crippen molar-refractivity contribution in [1.29, 1.82) is 0 Å². The lowest BCUT2D eigenvalue weighted by molar-refractivity contribution is 0.217. The molecule has 3 rings (SSSR count). The molecule has 1 aromatic carbocycles. The third kappa shape index (κ3) is 2.15. The minimum Gasteiger partial charge on any atom is -0.397 e. The summed E-state index contributed by atoms with van der Waals surface area (Å²) in [6.45, 7) is 1.58. The van der Waals surface area contributed by atoms with Crippen LogP contribution in [0, 0.1) is 0 Å².